The van der Waals surface area contributed by atoms with E-state index >= 15 is 0 Å². The molecular formula is C15H20ClNO6S. The largest absolute Gasteiger partial charge is 0.489 e. The second-order valence-corrected chi connectivity index (χ2v) is 7.69. The van der Waals surface area contributed by atoms with Gasteiger partial charge in [-0.05, 0) is 44.4 Å². The highest BCUT2D eigenvalue weighted by atomic mass is 35.5. The molecule has 1 saturated heterocycles. The van der Waals surface area contributed by atoms with Crippen molar-refractivity contribution in [2.45, 2.75) is 43.2 Å². The fourth-order valence-electron chi connectivity index (χ4n) is 2.28. The van der Waals surface area contributed by atoms with E-state index in [-0.39, 0.29) is 28.4 Å². The van der Waals surface area contributed by atoms with Crippen LogP contribution in [0.1, 0.15) is 26.2 Å². The molecule has 0 bridgehead atoms. The van der Waals surface area contributed by atoms with Gasteiger partial charge in [-0.2, -0.15) is 4.72 Å². The van der Waals surface area contributed by atoms with Crippen molar-refractivity contribution in [3.05, 3.63) is 23.2 Å². The summed E-state index contributed by atoms with van der Waals surface area (Å²) in [4.78, 5) is 10.7. The fourth-order valence-corrected chi connectivity index (χ4v) is 3.88. The van der Waals surface area contributed by atoms with Crippen LogP contribution in [-0.4, -0.2) is 44.9 Å². The Labute approximate surface area is 146 Å². The van der Waals surface area contributed by atoms with Crippen molar-refractivity contribution in [1.29, 1.82) is 0 Å². The van der Waals surface area contributed by atoms with Gasteiger partial charge in [0.25, 0.3) is 0 Å². The molecule has 1 aliphatic heterocycles. The lowest BCUT2D eigenvalue weighted by Gasteiger charge is -2.23. The van der Waals surface area contributed by atoms with Gasteiger partial charge in [-0.1, -0.05) is 11.6 Å². The number of hydrogen-bond donors (Lipinski definition) is 2. The number of nitrogens with one attached hydrogen (secondary N) is 1. The van der Waals surface area contributed by atoms with Gasteiger partial charge in [0, 0.05) is 11.6 Å². The summed E-state index contributed by atoms with van der Waals surface area (Å²) in [7, 11) is -4.09. The smallest absolute Gasteiger partial charge is 0.321 e. The summed E-state index contributed by atoms with van der Waals surface area (Å²) in [6.07, 6.45) is 2.81. The first-order valence-electron chi connectivity index (χ1n) is 7.58. The van der Waals surface area contributed by atoms with E-state index in [9.17, 15) is 13.2 Å². The van der Waals surface area contributed by atoms with E-state index in [2.05, 4.69) is 4.72 Å². The standard InChI is InChI=1S/C15H20ClNO6S/c1-10(15(18)19)17-24(20,21)14-8-11(16)5-6-13(14)23-9-12-4-2-3-7-22-12/h5-6,8,10,12,17H,2-4,7,9H2,1H3,(H,18,19). The predicted molar refractivity (Wildman–Crippen MR) is 88.0 cm³/mol. The molecule has 9 heteroatoms. The van der Waals surface area contributed by atoms with E-state index in [4.69, 9.17) is 26.2 Å². The van der Waals surface area contributed by atoms with Crippen LogP contribution >= 0.6 is 11.6 Å². The van der Waals surface area contributed by atoms with Crippen LogP contribution in [0.15, 0.2) is 23.1 Å². The highest BCUT2D eigenvalue weighted by Gasteiger charge is 2.26. The van der Waals surface area contributed by atoms with Crippen LogP contribution in [0, 0.1) is 0 Å². The van der Waals surface area contributed by atoms with E-state index < -0.39 is 22.0 Å². The Morgan fingerprint density at radius 3 is 2.88 bits per heavy atom. The number of aliphatic carboxylic acids is 1. The van der Waals surface area contributed by atoms with Crippen molar-refractivity contribution >= 4 is 27.6 Å². The molecule has 0 spiro atoms. The Bertz CT molecular complexity index is 687. The van der Waals surface area contributed by atoms with Crippen LogP contribution in [0.25, 0.3) is 0 Å². The maximum absolute atomic E-state index is 12.4. The lowest BCUT2D eigenvalue weighted by Crippen LogP contribution is -2.38. The second-order valence-electron chi connectivity index (χ2n) is 5.57. The van der Waals surface area contributed by atoms with Crippen LogP contribution in [0.2, 0.25) is 5.02 Å². The minimum absolute atomic E-state index is 0.0871. The molecule has 1 fully saturated rings. The second kappa shape index (κ2) is 8.15. The molecule has 2 unspecified atom stereocenters. The number of halogens is 1. The molecular weight excluding hydrogens is 358 g/mol. The van der Waals surface area contributed by atoms with Gasteiger partial charge >= 0.3 is 5.97 Å². The van der Waals surface area contributed by atoms with E-state index in [1.165, 1.54) is 25.1 Å². The van der Waals surface area contributed by atoms with Crippen LogP contribution < -0.4 is 9.46 Å². The summed E-state index contributed by atoms with van der Waals surface area (Å²) in [5.74, 6) is -1.17. The molecule has 134 valence electrons. The zero-order valence-electron chi connectivity index (χ0n) is 13.2. The van der Waals surface area contributed by atoms with E-state index in [1.54, 1.807) is 0 Å². The fraction of sp³-hybridized carbons (Fsp3) is 0.533. The summed E-state index contributed by atoms with van der Waals surface area (Å²) >= 11 is 5.88. The molecule has 0 amide bonds. The minimum Gasteiger partial charge on any atom is -0.489 e. The predicted octanol–water partition coefficient (Wildman–Crippen LogP) is 2.04. The first-order chi connectivity index (χ1) is 11.3. The number of sulfonamides is 1. The highest BCUT2D eigenvalue weighted by molar-refractivity contribution is 7.89. The molecule has 7 nitrogen and oxygen atoms in total. The summed E-state index contributed by atoms with van der Waals surface area (Å²) in [6.45, 7) is 2.12. The molecule has 1 aromatic carbocycles. The number of rotatable bonds is 7. The third-order valence-electron chi connectivity index (χ3n) is 3.60. The van der Waals surface area contributed by atoms with Crippen LogP contribution in [0.3, 0.4) is 0 Å². The van der Waals surface area contributed by atoms with Gasteiger partial charge in [-0.25, -0.2) is 8.42 Å². The van der Waals surface area contributed by atoms with Crippen molar-refractivity contribution in [1.82, 2.24) is 4.72 Å². The Kier molecular flexibility index (Phi) is 6.45. The van der Waals surface area contributed by atoms with Crippen molar-refractivity contribution in [2.75, 3.05) is 13.2 Å². The summed E-state index contributed by atoms with van der Waals surface area (Å²) in [6, 6.07) is 2.92. The monoisotopic (exact) mass is 377 g/mol. The Morgan fingerprint density at radius 2 is 2.25 bits per heavy atom. The zero-order chi connectivity index (χ0) is 17.7. The van der Waals surface area contributed by atoms with Gasteiger partial charge in [0.15, 0.2) is 0 Å². The van der Waals surface area contributed by atoms with Gasteiger partial charge in [-0.15, -0.1) is 0 Å². The SMILES string of the molecule is CC(NS(=O)(=O)c1cc(Cl)ccc1OCC1CCCCO1)C(=O)O. The molecule has 1 heterocycles. The zero-order valence-corrected chi connectivity index (χ0v) is 14.8. The first kappa shape index (κ1) is 19.0. The lowest BCUT2D eigenvalue weighted by atomic mass is 10.1. The van der Waals surface area contributed by atoms with Crippen molar-refractivity contribution in [3.8, 4) is 5.75 Å². The number of carboxylic acids is 1. The van der Waals surface area contributed by atoms with Gasteiger partial charge < -0.3 is 14.6 Å². The van der Waals surface area contributed by atoms with Gasteiger partial charge in [0.05, 0.1) is 6.10 Å². The molecule has 1 aliphatic rings. The van der Waals surface area contributed by atoms with Crippen LogP contribution in [0.5, 0.6) is 5.75 Å². The molecule has 0 radical (unpaired) electrons. The summed E-state index contributed by atoms with van der Waals surface area (Å²) in [5.41, 5.74) is 0. The number of benzene rings is 1. The summed E-state index contributed by atoms with van der Waals surface area (Å²) in [5, 5.41) is 9.10. The van der Waals surface area contributed by atoms with Crippen LogP contribution in [0.4, 0.5) is 0 Å². The molecule has 2 rings (SSSR count). The molecule has 0 aromatic heterocycles. The first-order valence-corrected chi connectivity index (χ1v) is 9.45. The van der Waals surface area contributed by atoms with Crippen molar-refractivity contribution in [2.24, 2.45) is 0 Å². The van der Waals surface area contributed by atoms with Crippen molar-refractivity contribution < 1.29 is 27.8 Å². The van der Waals surface area contributed by atoms with Crippen LogP contribution in [-0.2, 0) is 19.6 Å². The third kappa shape index (κ3) is 5.07. The van der Waals surface area contributed by atoms with E-state index in [0.29, 0.717) is 6.61 Å². The number of ether oxygens (including phenoxy) is 2. The summed E-state index contributed by atoms with van der Waals surface area (Å²) < 4.78 is 38.1. The molecule has 2 N–H and O–H groups in total. The Hall–Kier alpha value is -1.35. The topological polar surface area (TPSA) is 102 Å². The number of carbonyl (C=O) groups is 1. The van der Waals surface area contributed by atoms with Gasteiger partial charge in [0.1, 0.15) is 23.3 Å². The number of hydrogen-bond acceptors (Lipinski definition) is 5. The molecule has 2 atom stereocenters. The van der Waals surface area contributed by atoms with Crippen molar-refractivity contribution in [3.63, 3.8) is 0 Å². The maximum atomic E-state index is 12.4. The van der Waals surface area contributed by atoms with E-state index in [0.717, 1.165) is 19.3 Å². The Balaban J connectivity index is 2.18. The lowest BCUT2D eigenvalue weighted by molar-refractivity contribution is -0.138. The molecule has 0 aliphatic carbocycles. The normalized spacial score (nSPS) is 19.7. The average molecular weight is 378 g/mol. The molecule has 24 heavy (non-hydrogen) atoms. The average Bonchev–Trinajstić information content (AvgIpc) is 2.54. The third-order valence-corrected chi connectivity index (χ3v) is 5.39. The Morgan fingerprint density at radius 1 is 1.50 bits per heavy atom. The highest BCUT2D eigenvalue weighted by Crippen LogP contribution is 2.28. The van der Waals surface area contributed by atoms with Gasteiger partial charge in [0.2, 0.25) is 10.0 Å². The van der Waals surface area contributed by atoms with E-state index in [1.807, 2.05) is 0 Å². The van der Waals surface area contributed by atoms with Gasteiger partial charge in [-0.3, -0.25) is 4.79 Å². The number of carboxylic acid groups (broad SMARTS) is 1. The maximum Gasteiger partial charge on any atom is 0.321 e. The molecule has 0 saturated carbocycles. The quantitative estimate of drug-likeness (QED) is 0.753. The minimum atomic E-state index is -4.09. The molecule has 1 aromatic rings.